The van der Waals surface area contributed by atoms with Crippen LogP contribution in [0.15, 0.2) is 30.0 Å². The Hall–Kier alpha value is -3.35. The van der Waals surface area contributed by atoms with Crippen molar-refractivity contribution in [2.45, 2.75) is 69.7 Å². The molecule has 4 rings (SSSR count). The summed E-state index contributed by atoms with van der Waals surface area (Å²) >= 11 is 0. The molecule has 0 spiro atoms. The summed E-state index contributed by atoms with van der Waals surface area (Å²) in [6, 6.07) is 0.731. The number of methoxy groups -OCH3 is 1. The summed E-state index contributed by atoms with van der Waals surface area (Å²) in [7, 11) is 1.49. The van der Waals surface area contributed by atoms with Crippen LogP contribution in [-0.2, 0) is 35.1 Å². The fourth-order valence-electron chi connectivity index (χ4n) is 5.03. The number of carbonyl (C=O) groups excluding carboxylic acids is 4. The highest BCUT2D eigenvalue weighted by Crippen LogP contribution is 2.31. The van der Waals surface area contributed by atoms with Crippen LogP contribution in [0.3, 0.4) is 0 Å². The number of hydrogen-bond donors (Lipinski definition) is 3. The molecule has 0 unspecified atom stereocenters. The second-order valence-electron chi connectivity index (χ2n) is 11.1. The topological polar surface area (TPSA) is 151 Å². The van der Waals surface area contributed by atoms with Crippen LogP contribution in [-0.4, -0.2) is 104 Å². The Balaban J connectivity index is 0.00000323. The van der Waals surface area contributed by atoms with Crippen molar-refractivity contribution in [2.75, 3.05) is 46.6 Å². The largest absolute Gasteiger partial charge is 0.481 e. The third kappa shape index (κ3) is 8.82. The van der Waals surface area contributed by atoms with Gasteiger partial charge in [0.2, 0.25) is 23.6 Å². The first kappa shape index (κ1) is 30.6. The van der Waals surface area contributed by atoms with Crippen LogP contribution in [0.25, 0.3) is 0 Å². The van der Waals surface area contributed by atoms with Crippen molar-refractivity contribution in [1.82, 2.24) is 25.8 Å². The number of nitrogens with zero attached hydrogens (tertiary/aromatic N) is 2. The number of aromatic nitrogens is 1. The molecule has 3 N–H and O–H groups in total. The lowest BCUT2D eigenvalue weighted by Gasteiger charge is -2.27. The van der Waals surface area contributed by atoms with Gasteiger partial charge in [0.15, 0.2) is 5.78 Å². The van der Waals surface area contributed by atoms with Crippen LogP contribution in [0.2, 0.25) is 0 Å². The molecule has 1 aromatic rings. The quantitative estimate of drug-likeness (QED) is 0.218. The van der Waals surface area contributed by atoms with Gasteiger partial charge in [-0.25, -0.2) is 4.98 Å². The number of rotatable bonds is 14. The Morgan fingerprint density at radius 3 is 2.51 bits per heavy atom. The Morgan fingerprint density at radius 2 is 1.85 bits per heavy atom. The molecular formula is C29H47N5O7. The summed E-state index contributed by atoms with van der Waals surface area (Å²) in [6.07, 6.45) is 7.07. The van der Waals surface area contributed by atoms with Crippen molar-refractivity contribution in [3.8, 4) is 5.88 Å². The summed E-state index contributed by atoms with van der Waals surface area (Å²) in [5.74, 6) is -1.11. The SMILES string of the molecule is COc1cc(C[C@H](NC(=O)[C@H](C)NC(=O)CN2CCOCC2)C(=O)N[C@@H](CC2=CCCC2)C(=O)[C@@]2(C)CO2)ccn1.[HH].[HH].[HH]. The zero-order valence-electron chi connectivity index (χ0n) is 24.1. The van der Waals surface area contributed by atoms with E-state index in [0.717, 1.165) is 24.8 Å². The first-order valence-electron chi connectivity index (χ1n) is 14.2. The molecule has 0 aromatic carbocycles. The van der Waals surface area contributed by atoms with Crippen molar-refractivity contribution in [3.63, 3.8) is 0 Å². The van der Waals surface area contributed by atoms with Crippen molar-refractivity contribution in [2.24, 2.45) is 0 Å². The molecule has 1 aromatic heterocycles. The molecule has 41 heavy (non-hydrogen) atoms. The second kappa shape index (κ2) is 14.0. The number of carbonyl (C=O) groups is 4. The van der Waals surface area contributed by atoms with E-state index in [9.17, 15) is 19.2 Å². The lowest BCUT2D eigenvalue weighted by atomic mass is 9.94. The minimum atomic E-state index is -1.02. The molecule has 2 saturated heterocycles. The van der Waals surface area contributed by atoms with Gasteiger partial charge < -0.3 is 30.2 Å². The number of hydrogen-bond acceptors (Lipinski definition) is 9. The molecule has 2 aliphatic heterocycles. The zero-order valence-corrected chi connectivity index (χ0v) is 24.1. The standard InChI is InChI=1S/C29H41N5O7.3H2/c1-19(31-24(35)17-34-10-12-40-13-11-34)27(37)33-23(15-21-8-9-30-25(16-21)39-3)28(38)32-22(14-20-6-4-5-7-20)26(36)29(2)18-41-29;;;/h6,8-9,16,19,22-23H,4-5,7,10-15,17-18H2,1-3H3,(H,31,35)(H,32,38)(H,33,37);3*1H/t19-,22-,23-,29+;;;/m0.../s1. The molecule has 3 aliphatic rings. The van der Waals surface area contributed by atoms with Crippen molar-refractivity contribution in [1.29, 1.82) is 0 Å². The number of ether oxygens (including phenoxy) is 3. The number of nitrogens with one attached hydrogen (secondary N) is 3. The second-order valence-corrected chi connectivity index (χ2v) is 11.1. The third-order valence-electron chi connectivity index (χ3n) is 7.66. The summed E-state index contributed by atoms with van der Waals surface area (Å²) in [6.45, 7) is 6.18. The van der Waals surface area contributed by atoms with Gasteiger partial charge in [-0.15, -0.1) is 0 Å². The maximum Gasteiger partial charge on any atom is 0.243 e. The van der Waals surface area contributed by atoms with Gasteiger partial charge in [0.25, 0.3) is 0 Å². The molecule has 3 amide bonds. The van der Waals surface area contributed by atoms with E-state index in [1.54, 1.807) is 32.2 Å². The summed E-state index contributed by atoms with van der Waals surface area (Å²) in [5, 5.41) is 8.40. The molecule has 2 fully saturated rings. The Kier molecular flexibility index (Phi) is 10.5. The average molecular weight is 578 g/mol. The molecule has 3 heterocycles. The normalized spacial score (nSPS) is 22.6. The Labute approximate surface area is 245 Å². The van der Waals surface area contributed by atoms with E-state index in [-0.39, 0.29) is 28.9 Å². The van der Waals surface area contributed by atoms with Gasteiger partial charge in [-0.2, -0.15) is 0 Å². The van der Waals surface area contributed by atoms with E-state index in [4.69, 9.17) is 14.2 Å². The van der Waals surface area contributed by atoms with Crippen molar-refractivity contribution >= 4 is 23.5 Å². The van der Waals surface area contributed by atoms with Gasteiger partial charge in [0.1, 0.15) is 17.7 Å². The van der Waals surface area contributed by atoms with Gasteiger partial charge in [-0.3, -0.25) is 24.1 Å². The fraction of sp³-hybridized carbons (Fsp3) is 0.621. The summed E-state index contributed by atoms with van der Waals surface area (Å²) in [5.41, 5.74) is 0.928. The molecule has 4 atom stereocenters. The van der Waals surface area contributed by atoms with Crippen molar-refractivity contribution in [3.05, 3.63) is 35.5 Å². The smallest absolute Gasteiger partial charge is 0.243 e. The highest BCUT2D eigenvalue weighted by Gasteiger charge is 2.50. The van der Waals surface area contributed by atoms with Crippen LogP contribution in [0.5, 0.6) is 5.88 Å². The molecule has 0 saturated carbocycles. The number of pyridine rings is 1. The van der Waals surface area contributed by atoms with E-state index in [1.807, 2.05) is 4.90 Å². The minimum Gasteiger partial charge on any atom is -0.481 e. The van der Waals surface area contributed by atoms with Crippen LogP contribution < -0.4 is 20.7 Å². The Morgan fingerprint density at radius 1 is 1.12 bits per heavy atom. The molecule has 12 heteroatoms. The highest BCUT2D eigenvalue weighted by atomic mass is 16.6. The van der Waals surface area contributed by atoms with Gasteiger partial charge in [0, 0.05) is 36.1 Å². The van der Waals surface area contributed by atoms with Crippen LogP contribution >= 0.6 is 0 Å². The van der Waals surface area contributed by atoms with E-state index in [1.165, 1.54) is 7.11 Å². The maximum atomic E-state index is 13.7. The zero-order chi connectivity index (χ0) is 29.4. The van der Waals surface area contributed by atoms with E-state index >= 15 is 0 Å². The monoisotopic (exact) mass is 577 g/mol. The fourth-order valence-corrected chi connectivity index (χ4v) is 5.03. The van der Waals surface area contributed by atoms with E-state index in [0.29, 0.717) is 50.8 Å². The van der Waals surface area contributed by atoms with Gasteiger partial charge in [-0.05, 0) is 51.2 Å². The molecule has 0 bridgehead atoms. The molecule has 12 nitrogen and oxygen atoms in total. The lowest BCUT2D eigenvalue weighted by molar-refractivity contribution is -0.134. The first-order valence-corrected chi connectivity index (χ1v) is 14.2. The molecular weight excluding hydrogens is 530 g/mol. The summed E-state index contributed by atoms with van der Waals surface area (Å²) in [4.78, 5) is 58.8. The summed E-state index contributed by atoms with van der Waals surface area (Å²) < 4.78 is 15.9. The van der Waals surface area contributed by atoms with Crippen LogP contribution in [0.4, 0.5) is 0 Å². The third-order valence-corrected chi connectivity index (χ3v) is 7.66. The van der Waals surface area contributed by atoms with E-state index < -0.39 is 35.5 Å². The van der Waals surface area contributed by atoms with Crippen molar-refractivity contribution < 1.29 is 37.7 Å². The van der Waals surface area contributed by atoms with Gasteiger partial charge in [-0.1, -0.05) is 11.6 Å². The van der Waals surface area contributed by atoms with Gasteiger partial charge in [0.05, 0.1) is 39.5 Å². The maximum absolute atomic E-state index is 13.7. The molecule has 0 radical (unpaired) electrons. The number of epoxide rings is 1. The Bertz CT molecular complexity index is 1160. The number of allylic oxidation sites excluding steroid dienone is 1. The van der Waals surface area contributed by atoms with Crippen LogP contribution in [0.1, 0.15) is 49.4 Å². The average Bonchev–Trinajstić information content (AvgIpc) is 3.50. The highest BCUT2D eigenvalue weighted by molar-refractivity contribution is 5.98. The van der Waals surface area contributed by atoms with Gasteiger partial charge >= 0.3 is 0 Å². The first-order chi connectivity index (χ1) is 19.7. The molecule has 1 aliphatic carbocycles. The minimum absolute atomic E-state index is 0. The molecule has 230 valence electrons. The number of amides is 3. The predicted octanol–water partition coefficient (Wildman–Crippen LogP) is 1.04. The van der Waals surface area contributed by atoms with Crippen LogP contribution in [0, 0.1) is 0 Å². The number of ketones is 1. The lowest BCUT2D eigenvalue weighted by Crippen LogP contribution is -2.57. The number of morpholine rings is 1. The van der Waals surface area contributed by atoms with E-state index in [2.05, 4.69) is 27.0 Å². The predicted molar refractivity (Wildman–Crippen MR) is 155 cm³/mol. The number of Topliss-reactive ketones (excluding diaryl/α,β-unsaturated/α-hetero) is 1.